The van der Waals surface area contributed by atoms with E-state index in [1.165, 1.54) is 25.5 Å². The fourth-order valence-electron chi connectivity index (χ4n) is 3.98. The maximum absolute atomic E-state index is 11.6. The van der Waals surface area contributed by atoms with Gasteiger partial charge in [-0.2, -0.15) is 0 Å². The Morgan fingerprint density at radius 2 is 2.11 bits per heavy atom. The van der Waals surface area contributed by atoms with E-state index in [1.807, 2.05) is 19.1 Å². The number of carbonyl (C=O) groups is 1. The van der Waals surface area contributed by atoms with Gasteiger partial charge in [0.2, 0.25) is 5.95 Å². The van der Waals surface area contributed by atoms with Crippen molar-refractivity contribution in [2.75, 3.05) is 25.1 Å². The maximum atomic E-state index is 11.6. The number of hydrogen-bond donors (Lipinski definition) is 1. The molecule has 1 saturated heterocycles. The molecule has 0 radical (unpaired) electrons. The largest absolute Gasteiger partial charge is 0.496 e. The van der Waals surface area contributed by atoms with Gasteiger partial charge < -0.3 is 14.7 Å². The summed E-state index contributed by atoms with van der Waals surface area (Å²) in [5.41, 5.74) is 3.50. The van der Waals surface area contributed by atoms with Crippen molar-refractivity contribution in [1.29, 1.82) is 0 Å². The Bertz CT molecular complexity index is 877. The summed E-state index contributed by atoms with van der Waals surface area (Å²) in [4.78, 5) is 22.8. The lowest BCUT2D eigenvalue weighted by Gasteiger charge is -2.17. The number of anilines is 1. The third kappa shape index (κ3) is 3.61. The first-order valence-electron chi connectivity index (χ1n) is 9.47. The molecule has 2 aromatic rings. The minimum Gasteiger partial charge on any atom is -0.496 e. The molecule has 142 valence electrons. The number of aryl methyl sites for hydroxylation is 3. The average Bonchev–Trinajstić information content (AvgIpc) is 3.28. The molecule has 1 aliphatic carbocycles. The van der Waals surface area contributed by atoms with Gasteiger partial charge in [0, 0.05) is 19.3 Å². The molecule has 1 aliphatic heterocycles. The Morgan fingerprint density at radius 1 is 1.30 bits per heavy atom. The van der Waals surface area contributed by atoms with Crippen LogP contribution in [0.4, 0.5) is 5.95 Å². The number of carboxylic acid groups (broad SMARTS) is 1. The van der Waals surface area contributed by atoms with Crippen molar-refractivity contribution in [3.05, 3.63) is 46.8 Å². The average molecular weight is 367 g/mol. The molecular formula is C21H25N3O3. The van der Waals surface area contributed by atoms with Crippen LogP contribution in [0.15, 0.2) is 24.4 Å². The number of aromatic nitrogens is 2. The normalized spacial score (nSPS) is 17.3. The van der Waals surface area contributed by atoms with Crippen LogP contribution >= 0.6 is 0 Å². The summed E-state index contributed by atoms with van der Waals surface area (Å²) in [6, 6.07) is 6.05. The zero-order valence-corrected chi connectivity index (χ0v) is 15.9. The molecule has 2 fully saturated rings. The third-order valence-electron chi connectivity index (χ3n) is 5.87. The van der Waals surface area contributed by atoms with E-state index in [1.54, 1.807) is 7.11 Å². The number of benzene rings is 1. The lowest BCUT2D eigenvalue weighted by Crippen LogP contribution is -2.23. The standard InChI is InChI=1S/C21H25N3O3/c1-14-11-15(4-6-18(14)27-2)3-5-17-16(19(25)26)12-22-20(23-17)24-10-9-21(13-24)7-8-21/h4,6,11-12H,3,5,7-10,13H2,1-2H3,(H,25,26). The molecule has 0 amide bonds. The third-order valence-corrected chi connectivity index (χ3v) is 5.87. The summed E-state index contributed by atoms with van der Waals surface area (Å²) < 4.78 is 5.30. The Kier molecular flexibility index (Phi) is 4.50. The first-order valence-corrected chi connectivity index (χ1v) is 9.47. The quantitative estimate of drug-likeness (QED) is 0.845. The summed E-state index contributed by atoms with van der Waals surface area (Å²) in [6.45, 7) is 3.97. The van der Waals surface area contributed by atoms with E-state index in [-0.39, 0.29) is 5.56 Å². The van der Waals surface area contributed by atoms with Crippen molar-refractivity contribution in [2.24, 2.45) is 5.41 Å². The topological polar surface area (TPSA) is 75.5 Å². The molecule has 1 aromatic carbocycles. The number of ether oxygens (including phenoxy) is 1. The second kappa shape index (κ2) is 6.83. The van der Waals surface area contributed by atoms with Gasteiger partial charge >= 0.3 is 5.97 Å². The smallest absolute Gasteiger partial charge is 0.339 e. The second-order valence-electron chi connectivity index (χ2n) is 7.81. The van der Waals surface area contributed by atoms with Gasteiger partial charge in [-0.05, 0) is 61.6 Å². The fraction of sp³-hybridized carbons (Fsp3) is 0.476. The number of methoxy groups -OCH3 is 1. The minimum absolute atomic E-state index is 0.198. The van der Waals surface area contributed by atoms with Crippen molar-refractivity contribution in [1.82, 2.24) is 9.97 Å². The van der Waals surface area contributed by atoms with Gasteiger partial charge in [-0.25, -0.2) is 14.8 Å². The first-order chi connectivity index (χ1) is 13.0. The van der Waals surface area contributed by atoms with Gasteiger partial charge in [0.15, 0.2) is 0 Å². The highest BCUT2D eigenvalue weighted by Crippen LogP contribution is 2.53. The monoisotopic (exact) mass is 367 g/mol. The summed E-state index contributed by atoms with van der Waals surface area (Å²) in [6.07, 6.45) is 6.54. The molecule has 0 atom stereocenters. The predicted molar refractivity (Wildman–Crippen MR) is 103 cm³/mol. The van der Waals surface area contributed by atoms with E-state index in [2.05, 4.69) is 20.9 Å². The molecule has 0 unspecified atom stereocenters. The van der Waals surface area contributed by atoms with Crippen LogP contribution in [0.2, 0.25) is 0 Å². The molecule has 2 heterocycles. The number of aromatic carboxylic acids is 1. The number of hydrogen-bond acceptors (Lipinski definition) is 5. The van der Waals surface area contributed by atoms with Gasteiger partial charge in [-0.1, -0.05) is 12.1 Å². The van der Waals surface area contributed by atoms with Crippen LogP contribution in [0.3, 0.4) is 0 Å². The van der Waals surface area contributed by atoms with Gasteiger partial charge in [-0.3, -0.25) is 0 Å². The van der Waals surface area contributed by atoms with Crippen molar-refractivity contribution in [3.8, 4) is 5.75 Å². The van der Waals surface area contributed by atoms with Gasteiger partial charge in [0.25, 0.3) is 0 Å². The van der Waals surface area contributed by atoms with E-state index >= 15 is 0 Å². The molecule has 6 heteroatoms. The molecule has 1 N–H and O–H groups in total. The Morgan fingerprint density at radius 3 is 2.74 bits per heavy atom. The van der Waals surface area contributed by atoms with E-state index in [4.69, 9.17) is 4.74 Å². The molecule has 1 spiro atoms. The molecule has 0 bridgehead atoms. The lowest BCUT2D eigenvalue weighted by molar-refractivity contribution is 0.0694. The highest BCUT2D eigenvalue weighted by Gasteiger charge is 2.48. The lowest BCUT2D eigenvalue weighted by atomic mass is 10.0. The van der Waals surface area contributed by atoms with E-state index in [9.17, 15) is 9.90 Å². The fourth-order valence-corrected chi connectivity index (χ4v) is 3.98. The van der Waals surface area contributed by atoms with Crippen LogP contribution < -0.4 is 9.64 Å². The molecule has 1 aromatic heterocycles. The molecule has 1 saturated carbocycles. The molecule has 27 heavy (non-hydrogen) atoms. The number of nitrogens with zero attached hydrogens (tertiary/aromatic N) is 3. The van der Waals surface area contributed by atoms with Gasteiger partial charge in [0.05, 0.1) is 18.4 Å². The van der Waals surface area contributed by atoms with Crippen molar-refractivity contribution >= 4 is 11.9 Å². The summed E-state index contributed by atoms with van der Waals surface area (Å²) in [7, 11) is 1.66. The summed E-state index contributed by atoms with van der Waals surface area (Å²) in [5.74, 6) is 0.560. The highest BCUT2D eigenvalue weighted by atomic mass is 16.5. The van der Waals surface area contributed by atoms with Crippen LogP contribution in [0.1, 0.15) is 46.4 Å². The van der Waals surface area contributed by atoms with Crippen LogP contribution in [0.25, 0.3) is 0 Å². The van der Waals surface area contributed by atoms with Crippen LogP contribution in [-0.4, -0.2) is 41.2 Å². The summed E-state index contributed by atoms with van der Waals surface area (Å²) in [5, 5.41) is 9.51. The zero-order chi connectivity index (χ0) is 19.0. The first kappa shape index (κ1) is 17.8. The van der Waals surface area contributed by atoms with Crippen molar-refractivity contribution in [2.45, 2.75) is 39.0 Å². The van der Waals surface area contributed by atoms with E-state index in [0.29, 0.717) is 23.5 Å². The second-order valence-corrected chi connectivity index (χ2v) is 7.81. The minimum atomic E-state index is -0.970. The van der Waals surface area contributed by atoms with Crippen molar-refractivity contribution in [3.63, 3.8) is 0 Å². The molecule has 6 nitrogen and oxygen atoms in total. The van der Waals surface area contributed by atoms with Crippen LogP contribution in [-0.2, 0) is 12.8 Å². The van der Waals surface area contributed by atoms with Crippen molar-refractivity contribution < 1.29 is 14.6 Å². The predicted octanol–water partition coefficient (Wildman–Crippen LogP) is 3.27. The van der Waals surface area contributed by atoms with Crippen LogP contribution in [0, 0.1) is 12.3 Å². The zero-order valence-electron chi connectivity index (χ0n) is 15.9. The van der Waals surface area contributed by atoms with Crippen LogP contribution in [0.5, 0.6) is 5.75 Å². The Hall–Kier alpha value is -2.63. The van der Waals surface area contributed by atoms with Gasteiger partial charge in [0.1, 0.15) is 5.75 Å². The van der Waals surface area contributed by atoms with E-state index < -0.39 is 5.97 Å². The molecule has 4 rings (SSSR count). The van der Waals surface area contributed by atoms with Gasteiger partial charge in [-0.15, -0.1) is 0 Å². The number of rotatable bonds is 6. The SMILES string of the molecule is COc1ccc(CCc2nc(N3CCC4(CC4)C3)ncc2C(=O)O)cc1C. The number of carboxylic acids is 1. The Balaban J connectivity index is 1.53. The highest BCUT2D eigenvalue weighted by molar-refractivity contribution is 5.88. The summed E-state index contributed by atoms with van der Waals surface area (Å²) >= 11 is 0. The molecule has 2 aliphatic rings. The van der Waals surface area contributed by atoms with E-state index in [0.717, 1.165) is 36.4 Å². The Labute approximate surface area is 159 Å². The molecular weight excluding hydrogens is 342 g/mol. The maximum Gasteiger partial charge on any atom is 0.339 e.